The van der Waals surface area contributed by atoms with Crippen molar-refractivity contribution in [1.29, 1.82) is 0 Å². The van der Waals surface area contributed by atoms with Crippen LogP contribution in [0, 0.1) is 6.92 Å². The second kappa shape index (κ2) is 6.29. The van der Waals surface area contributed by atoms with E-state index in [9.17, 15) is 4.79 Å². The fourth-order valence-electron chi connectivity index (χ4n) is 1.56. The molecule has 1 amide bonds. The van der Waals surface area contributed by atoms with E-state index in [4.69, 9.17) is 0 Å². The van der Waals surface area contributed by atoms with Crippen molar-refractivity contribution in [3.05, 3.63) is 69.7 Å². The topological polar surface area (TPSA) is 41.5 Å². The average molecular weight is 317 g/mol. The number of hydrogen-bond donors (Lipinski definition) is 1. The second-order valence-electron chi connectivity index (χ2n) is 4.06. The van der Waals surface area contributed by atoms with Crippen LogP contribution in [0.3, 0.4) is 0 Å². The smallest absolute Gasteiger partial charge is 0.267 e. The lowest BCUT2D eigenvalue weighted by molar-refractivity contribution is 0.0955. The fourth-order valence-corrected chi connectivity index (χ4v) is 1.82. The van der Waals surface area contributed by atoms with Gasteiger partial charge in [0.1, 0.15) is 0 Å². The van der Waals surface area contributed by atoms with Crippen LogP contribution in [0.25, 0.3) is 0 Å². The fraction of sp³-hybridized carbons (Fsp3) is 0.0667. The van der Waals surface area contributed by atoms with E-state index >= 15 is 0 Å². The molecule has 4 heteroatoms. The SMILES string of the molecule is Cc1ccccc1/C=N\NC(=O)c1ccc(Br)cc1. The number of halogens is 1. The molecule has 1 N–H and O–H groups in total. The lowest BCUT2D eigenvalue weighted by atomic mass is 10.1. The van der Waals surface area contributed by atoms with Crippen LogP contribution in [0.2, 0.25) is 0 Å². The number of carbonyl (C=O) groups excluding carboxylic acids is 1. The maximum Gasteiger partial charge on any atom is 0.271 e. The van der Waals surface area contributed by atoms with Crippen molar-refractivity contribution in [2.75, 3.05) is 0 Å². The third-order valence-corrected chi connectivity index (χ3v) is 3.19. The minimum Gasteiger partial charge on any atom is -0.267 e. The average Bonchev–Trinajstić information content (AvgIpc) is 2.41. The zero-order valence-corrected chi connectivity index (χ0v) is 12.0. The first kappa shape index (κ1) is 13.5. The van der Waals surface area contributed by atoms with E-state index < -0.39 is 0 Å². The molecule has 96 valence electrons. The van der Waals surface area contributed by atoms with E-state index in [2.05, 4.69) is 26.5 Å². The molecule has 0 aromatic heterocycles. The van der Waals surface area contributed by atoms with Gasteiger partial charge in [-0.1, -0.05) is 40.2 Å². The lowest BCUT2D eigenvalue weighted by Gasteiger charge is -2.01. The maximum atomic E-state index is 11.8. The van der Waals surface area contributed by atoms with E-state index in [0.29, 0.717) is 5.56 Å². The molecule has 0 saturated heterocycles. The predicted molar refractivity (Wildman–Crippen MR) is 80.4 cm³/mol. The van der Waals surface area contributed by atoms with Gasteiger partial charge in [-0.2, -0.15) is 5.10 Å². The maximum absolute atomic E-state index is 11.8. The van der Waals surface area contributed by atoms with Gasteiger partial charge in [0, 0.05) is 10.0 Å². The second-order valence-corrected chi connectivity index (χ2v) is 4.98. The van der Waals surface area contributed by atoms with Crippen molar-refractivity contribution in [1.82, 2.24) is 5.43 Å². The number of hydrazone groups is 1. The Kier molecular flexibility index (Phi) is 4.47. The highest BCUT2D eigenvalue weighted by atomic mass is 79.9. The Morgan fingerprint density at radius 2 is 1.84 bits per heavy atom. The summed E-state index contributed by atoms with van der Waals surface area (Å²) in [6.45, 7) is 2.00. The Morgan fingerprint density at radius 3 is 2.53 bits per heavy atom. The summed E-state index contributed by atoms with van der Waals surface area (Å²) in [5.74, 6) is -0.225. The van der Waals surface area contributed by atoms with Gasteiger partial charge in [-0.3, -0.25) is 4.79 Å². The molecule has 0 fully saturated rings. The number of nitrogens with zero attached hydrogens (tertiary/aromatic N) is 1. The third-order valence-electron chi connectivity index (χ3n) is 2.66. The van der Waals surface area contributed by atoms with Crippen LogP contribution in [0.15, 0.2) is 58.1 Å². The molecule has 19 heavy (non-hydrogen) atoms. The summed E-state index contributed by atoms with van der Waals surface area (Å²) < 4.78 is 0.937. The van der Waals surface area contributed by atoms with Gasteiger partial charge in [0.25, 0.3) is 5.91 Å². The summed E-state index contributed by atoms with van der Waals surface area (Å²) >= 11 is 3.32. The van der Waals surface area contributed by atoms with Crippen molar-refractivity contribution in [3.8, 4) is 0 Å². The monoisotopic (exact) mass is 316 g/mol. The van der Waals surface area contributed by atoms with Gasteiger partial charge in [-0.05, 0) is 42.3 Å². The number of amides is 1. The van der Waals surface area contributed by atoms with Gasteiger partial charge in [-0.25, -0.2) is 5.43 Å². The summed E-state index contributed by atoms with van der Waals surface area (Å²) in [5, 5.41) is 3.96. The third kappa shape index (κ3) is 3.76. The van der Waals surface area contributed by atoms with E-state index in [0.717, 1.165) is 15.6 Å². The summed E-state index contributed by atoms with van der Waals surface area (Å²) in [6, 6.07) is 15.0. The summed E-state index contributed by atoms with van der Waals surface area (Å²) in [6.07, 6.45) is 1.64. The molecule has 0 aliphatic carbocycles. The van der Waals surface area contributed by atoms with Gasteiger partial charge < -0.3 is 0 Å². The molecule has 0 bridgehead atoms. The Bertz CT molecular complexity index is 606. The van der Waals surface area contributed by atoms with E-state index in [1.54, 1.807) is 18.3 Å². The molecule has 0 saturated carbocycles. The van der Waals surface area contributed by atoms with Crippen LogP contribution in [-0.2, 0) is 0 Å². The Labute approximate surface area is 120 Å². The van der Waals surface area contributed by atoms with Crippen molar-refractivity contribution in [3.63, 3.8) is 0 Å². The number of carbonyl (C=O) groups is 1. The molecule has 3 nitrogen and oxygen atoms in total. The summed E-state index contributed by atoms with van der Waals surface area (Å²) in [4.78, 5) is 11.8. The van der Waals surface area contributed by atoms with Gasteiger partial charge in [0.05, 0.1) is 6.21 Å². The predicted octanol–water partition coefficient (Wildman–Crippen LogP) is 3.52. The normalized spacial score (nSPS) is 10.6. The first-order valence-corrected chi connectivity index (χ1v) is 6.61. The molecular formula is C15H13BrN2O. The molecule has 2 aromatic rings. The van der Waals surface area contributed by atoms with Crippen molar-refractivity contribution >= 4 is 28.1 Å². The molecule has 2 rings (SSSR count). The van der Waals surface area contributed by atoms with Gasteiger partial charge in [0.15, 0.2) is 0 Å². The highest BCUT2D eigenvalue weighted by molar-refractivity contribution is 9.10. The summed E-state index contributed by atoms with van der Waals surface area (Å²) in [5.41, 5.74) is 5.18. The van der Waals surface area contributed by atoms with E-state index in [1.165, 1.54) is 0 Å². The number of aryl methyl sites for hydroxylation is 1. The van der Waals surface area contributed by atoms with Crippen LogP contribution in [0.4, 0.5) is 0 Å². The largest absolute Gasteiger partial charge is 0.271 e. The van der Waals surface area contributed by atoms with Crippen molar-refractivity contribution in [2.45, 2.75) is 6.92 Å². The Morgan fingerprint density at radius 1 is 1.16 bits per heavy atom. The van der Waals surface area contributed by atoms with Crippen LogP contribution in [0.1, 0.15) is 21.5 Å². The van der Waals surface area contributed by atoms with Crippen LogP contribution >= 0.6 is 15.9 Å². The van der Waals surface area contributed by atoms with Gasteiger partial charge in [-0.15, -0.1) is 0 Å². The molecule has 0 unspecified atom stereocenters. The molecule has 0 radical (unpaired) electrons. The zero-order valence-electron chi connectivity index (χ0n) is 10.4. The first-order chi connectivity index (χ1) is 9.16. The quantitative estimate of drug-likeness (QED) is 0.683. The van der Waals surface area contributed by atoms with Crippen molar-refractivity contribution < 1.29 is 4.79 Å². The van der Waals surface area contributed by atoms with Crippen LogP contribution in [0.5, 0.6) is 0 Å². The first-order valence-electron chi connectivity index (χ1n) is 5.81. The highest BCUT2D eigenvalue weighted by Crippen LogP contribution is 2.10. The molecular weight excluding hydrogens is 304 g/mol. The standard InChI is InChI=1S/C15H13BrN2O/c1-11-4-2-3-5-13(11)10-17-18-15(19)12-6-8-14(16)9-7-12/h2-10H,1H3,(H,18,19)/b17-10-. The number of hydrogen-bond acceptors (Lipinski definition) is 2. The minimum atomic E-state index is -0.225. The molecule has 0 spiro atoms. The van der Waals surface area contributed by atoms with Crippen LogP contribution < -0.4 is 5.43 Å². The Hall–Kier alpha value is -1.94. The van der Waals surface area contributed by atoms with Gasteiger partial charge >= 0.3 is 0 Å². The van der Waals surface area contributed by atoms with Crippen molar-refractivity contribution in [2.24, 2.45) is 5.10 Å². The lowest BCUT2D eigenvalue weighted by Crippen LogP contribution is -2.17. The van der Waals surface area contributed by atoms with Crippen LogP contribution in [-0.4, -0.2) is 12.1 Å². The molecule has 0 heterocycles. The number of benzene rings is 2. The highest BCUT2D eigenvalue weighted by Gasteiger charge is 2.02. The molecule has 0 aliphatic rings. The zero-order chi connectivity index (χ0) is 13.7. The van der Waals surface area contributed by atoms with E-state index in [1.807, 2.05) is 43.3 Å². The number of nitrogens with one attached hydrogen (secondary N) is 1. The Balaban J connectivity index is 2.01. The van der Waals surface area contributed by atoms with Gasteiger partial charge in [0.2, 0.25) is 0 Å². The summed E-state index contributed by atoms with van der Waals surface area (Å²) in [7, 11) is 0. The molecule has 2 aromatic carbocycles. The minimum absolute atomic E-state index is 0.225. The van der Waals surface area contributed by atoms with E-state index in [-0.39, 0.29) is 5.91 Å². The molecule has 0 aliphatic heterocycles. The number of rotatable bonds is 3. The molecule has 0 atom stereocenters.